The van der Waals surface area contributed by atoms with Gasteiger partial charge in [0.05, 0.1) is 6.85 Å². The van der Waals surface area contributed by atoms with Gasteiger partial charge in [0.15, 0.2) is 0 Å². The first kappa shape index (κ1) is 12.3. The van der Waals surface area contributed by atoms with Gasteiger partial charge >= 0.3 is 0 Å². The van der Waals surface area contributed by atoms with E-state index in [1.54, 1.807) is 0 Å². The maximum absolute atomic E-state index is 12.6. The van der Waals surface area contributed by atoms with E-state index < -0.39 is 0 Å². The third kappa shape index (κ3) is 4.70. The summed E-state index contributed by atoms with van der Waals surface area (Å²) in [7, 11) is 0. The second-order valence-electron chi connectivity index (χ2n) is 6.38. The second kappa shape index (κ2) is 8.82. The first-order chi connectivity index (χ1) is 14.3. The van der Waals surface area contributed by atoms with Crippen molar-refractivity contribution in [2.24, 2.45) is 0 Å². The normalized spacial score (nSPS) is 18.7. The largest absolute Gasteiger partial charge is 0.309 e. The van der Waals surface area contributed by atoms with Gasteiger partial charge in [-0.05, 0) is 37.0 Å². The molecule has 3 nitrogen and oxygen atoms in total. The smallest absolute Gasteiger partial charge is 0.226 e. The van der Waals surface area contributed by atoms with Crippen molar-refractivity contribution in [3.05, 3.63) is 66.1 Å². The van der Waals surface area contributed by atoms with Crippen LogP contribution in [0, 0.1) is 0 Å². The summed E-state index contributed by atoms with van der Waals surface area (Å²) in [5.41, 5.74) is 1.30. The molecule has 3 rings (SSSR count). The van der Waals surface area contributed by atoms with Crippen molar-refractivity contribution in [3.8, 4) is 0 Å². The summed E-state index contributed by atoms with van der Waals surface area (Å²) in [5, 5.41) is 0. The quantitative estimate of drug-likeness (QED) is 0.788. The van der Waals surface area contributed by atoms with Gasteiger partial charge in [-0.25, -0.2) is 0 Å². The van der Waals surface area contributed by atoms with Gasteiger partial charge < -0.3 is 9.80 Å². The van der Waals surface area contributed by atoms with E-state index >= 15 is 0 Å². The Bertz CT molecular complexity index is 869. The monoisotopic (exact) mass is 341 g/mol. The second-order valence-corrected chi connectivity index (χ2v) is 6.38. The van der Waals surface area contributed by atoms with E-state index in [0.29, 0.717) is 24.9 Å². The van der Waals surface area contributed by atoms with Crippen LogP contribution in [0.4, 0.5) is 5.69 Å². The molecule has 2 aromatic rings. The van der Waals surface area contributed by atoms with Crippen LogP contribution in [0.5, 0.6) is 0 Å². The van der Waals surface area contributed by atoms with E-state index in [2.05, 4.69) is 4.90 Å². The predicted molar refractivity (Wildman–Crippen MR) is 104 cm³/mol. The number of anilines is 1. The van der Waals surface area contributed by atoms with Crippen LogP contribution in [0.25, 0.3) is 0 Å². The highest BCUT2D eigenvalue weighted by molar-refractivity contribution is 5.93. The van der Waals surface area contributed by atoms with Crippen molar-refractivity contribution < 1.29 is 11.6 Å². The van der Waals surface area contributed by atoms with Crippen LogP contribution in [-0.4, -0.2) is 36.5 Å². The number of piperidine rings is 1. The lowest BCUT2D eigenvalue weighted by atomic mass is 10.0. The minimum Gasteiger partial charge on any atom is -0.309 e. The summed E-state index contributed by atoms with van der Waals surface area (Å²) in [6.07, 6.45) is 2.57. The number of amides is 1. The molecule has 2 aromatic carbocycles. The molecule has 1 amide bonds. The fraction of sp³-hybridized carbons (Fsp3) is 0.409. The van der Waals surface area contributed by atoms with E-state index in [0.717, 1.165) is 31.6 Å². The van der Waals surface area contributed by atoms with Gasteiger partial charge in [-0.15, -0.1) is 0 Å². The fourth-order valence-electron chi connectivity index (χ4n) is 3.39. The Labute approximate surface area is 158 Å². The minimum absolute atomic E-state index is 0.111. The van der Waals surface area contributed by atoms with Crippen LogP contribution in [0.15, 0.2) is 60.5 Å². The van der Waals surface area contributed by atoms with Crippen LogP contribution in [0.3, 0.4) is 0 Å². The van der Waals surface area contributed by atoms with Crippen LogP contribution >= 0.6 is 0 Å². The zero-order valence-electron chi connectivity index (χ0n) is 19.7. The van der Waals surface area contributed by atoms with E-state index in [4.69, 9.17) is 6.85 Å². The highest BCUT2D eigenvalue weighted by Crippen LogP contribution is 2.24. The molecule has 0 bridgehead atoms. The van der Waals surface area contributed by atoms with Gasteiger partial charge in [0.1, 0.15) is 0 Å². The van der Waals surface area contributed by atoms with Gasteiger partial charge in [0, 0.05) is 37.8 Å². The maximum atomic E-state index is 12.6. The molecule has 0 unspecified atom stereocenters. The summed E-state index contributed by atoms with van der Waals surface area (Å²) < 4.78 is 39.5. The number of carbonyl (C=O) groups excluding carboxylic acids is 1. The summed E-state index contributed by atoms with van der Waals surface area (Å²) in [5.74, 6) is 0.124. The van der Waals surface area contributed by atoms with Crippen LogP contribution in [-0.2, 0) is 11.2 Å². The molecule has 3 heteroatoms. The molecule has 0 atom stereocenters. The Kier molecular flexibility index (Phi) is 4.32. The van der Waals surface area contributed by atoms with Crippen molar-refractivity contribution in [3.63, 3.8) is 0 Å². The van der Waals surface area contributed by atoms with Crippen molar-refractivity contribution in [1.29, 1.82) is 0 Å². The van der Waals surface area contributed by atoms with E-state index in [1.165, 1.54) is 0 Å². The molecule has 0 spiro atoms. The number of benzene rings is 2. The minimum atomic E-state index is -0.351. The lowest BCUT2D eigenvalue weighted by Crippen LogP contribution is -2.47. The van der Waals surface area contributed by atoms with E-state index in [-0.39, 0.29) is 42.2 Å². The molecular weight excluding hydrogens is 308 g/mol. The van der Waals surface area contributed by atoms with Crippen LogP contribution in [0.1, 0.15) is 38.6 Å². The van der Waals surface area contributed by atoms with Gasteiger partial charge in [-0.3, -0.25) is 4.79 Å². The number of para-hydroxylation sites is 1. The predicted octanol–water partition coefficient (Wildman–Crippen LogP) is 4.14. The molecule has 1 fully saturated rings. The van der Waals surface area contributed by atoms with Crippen molar-refractivity contribution >= 4 is 11.6 Å². The summed E-state index contributed by atoms with van der Waals surface area (Å²) >= 11 is 0. The zero-order valence-corrected chi connectivity index (χ0v) is 14.7. The standard InChI is InChI=1S/C22H28N2O/c1-2-22(25)24(20-11-7-4-8-12-20)21-14-17-23(18-15-21)16-13-19-9-5-3-6-10-19/h3-12,21H,2,13-18H2,1H3/i3D,5D,6D,9D,10D. The molecule has 1 saturated heterocycles. The Morgan fingerprint density at radius 2 is 1.84 bits per heavy atom. The average Bonchev–Trinajstić information content (AvgIpc) is 2.78. The van der Waals surface area contributed by atoms with Gasteiger partial charge in [0.25, 0.3) is 0 Å². The Morgan fingerprint density at radius 3 is 2.48 bits per heavy atom. The third-order valence-electron chi connectivity index (χ3n) is 4.76. The number of likely N-dealkylation sites (tertiary alicyclic amines) is 1. The lowest BCUT2D eigenvalue weighted by Gasteiger charge is -2.38. The number of nitrogens with zero attached hydrogens (tertiary/aromatic N) is 2. The third-order valence-corrected chi connectivity index (χ3v) is 4.76. The topological polar surface area (TPSA) is 23.6 Å². The molecule has 1 heterocycles. The zero-order chi connectivity index (χ0) is 21.8. The number of rotatable bonds is 6. The number of hydrogen-bond acceptors (Lipinski definition) is 2. The molecule has 0 N–H and O–H groups in total. The van der Waals surface area contributed by atoms with Crippen molar-refractivity contribution in [2.45, 2.75) is 38.6 Å². The molecule has 25 heavy (non-hydrogen) atoms. The molecule has 1 aliphatic rings. The first-order valence-electron chi connectivity index (χ1n) is 11.5. The molecule has 0 radical (unpaired) electrons. The highest BCUT2D eigenvalue weighted by Gasteiger charge is 2.28. The van der Waals surface area contributed by atoms with Gasteiger partial charge in [-0.2, -0.15) is 0 Å². The summed E-state index contributed by atoms with van der Waals surface area (Å²) in [6, 6.07) is 8.80. The molecule has 132 valence electrons. The highest BCUT2D eigenvalue weighted by atomic mass is 16.2. The number of hydrogen-bond donors (Lipinski definition) is 0. The molecule has 0 aromatic heterocycles. The molecular formula is C22H28N2O. The Balaban J connectivity index is 1.64. The average molecular weight is 342 g/mol. The summed E-state index contributed by atoms with van der Waals surface area (Å²) in [4.78, 5) is 16.8. The van der Waals surface area contributed by atoms with E-state index in [1.807, 2.05) is 42.2 Å². The fourth-order valence-corrected chi connectivity index (χ4v) is 3.39. The van der Waals surface area contributed by atoms with E-state index in [9.17, 15) is 4.79 Å². The van der Waals surface area contributed by atoms with Crippen molar-refractivity contribution in [1.82, 2.24) is 4.90 Å². The maximum Gasteiger partial charge on any atom is 0.226 e. The van der Waals surface area contributed by atoms with Crippen molar-refractivity contribution in [2.75, 3.05) is 24.5 Å². The lowest BCUT2D eigenvalue weighted by molar-refractivity contribution is -0.119. The van der Waals surface area contributed by atoms with Gasteiger partial charge in [0.2, 0.25) is 5.91 Å². The first-order valence-corrected chi connectivity index (χ1v) is 9.00. The molecule has 0 aliphatic carbocycles. The molecule has 1 aliphatic heterocycles. The molecule has 0 saturated carbocycles. The number of carbonyl (C=O) groups is 1. The Morgan fingerprint density at radius 1 is 1.16 bits per heavy atom. The van der Waals surface area contributed by atoms with Crippen LogP contribution in [0.2, 0.25) is 0 Å². The Hall–Kier alpha value is -2.13. The van der Waals surface area contributed by atoms with Gasteiger partial charge in [-0.1, -0.05) is 55.3 Å². The SMILES string of the molecule is [2H]c1c([2H])c([2H])c(CCN2CCC(N(C(=O)CC)c3ccccc3)CC2)c([2H])c1[2H]. The van der Waals surface area contributed by atoms with Crippen LogP contribution < -0.4 is 4.90 Å². The summed E-state index contributed by atoms with van der Waals surface area (Å²) in [6.45, 7) is 4.13.